The van der Waals surface area contributed by atoms with Gasteiger partial charge in [0.15, 0.2) is 0 Å². The molecule has 0 bridgehead atoms. The highest BCUT2D eigenvalue weighted by atomic mass is 16.5. The average Bonchev–Trinajstić information content (AvgIpc) is 3.18. The van der Waals surface area contributed by atoms with E-state index in [1.54, 1.807) is 31.9 Å². The molecule has 1 N–H and O–H groups in total. The molecule has 3 rings (SSSR count). The summed E-state index contributed by atoms with van der Waals surface area (Å²) < 4.78 is 10.4. The fourth-order valence-corrected chi connectivity index (χ4v) is 3.45. The molecule has 0 spiro atoms. The van der Waals surface area contributed by atoms with Crippen LogP contribution in [-0.2, 0) is 4.79 Å². The lowest BCUT2D eigenvalue weighted by molar-refractivity contribution is -0.141. The van der Waals surface area contributed by atoms with Gasteiger partial charge in [-0.3, -0.25) is 9.59 Å². The Morgan fingerprint density at radius 2 is 2.00 bits per heavy atom. The number of methoxy groups -OCH3 is 1. The molecule has 2 unspecified atom stereocenters. The summed E-state index contributed by atoms with van der Waals surface area (Å²) in [5.74, 6) is -1.14. The average molecular weight is 344 g/mol. The van der Waals surface area contributed by atoms with Crippen LogP contribution in [0, 0.1) is 19.8 Å². The molecule has 2 atom stereocenters. The lowest BCUT2D eigenvalue weighted by atomic mass is 9.88. The number of carboxylic acid groups (broad SMARTS) is 1. The van der Waals surface area contributed by atoms with Gasteiger partial charge in [0, 0.05) is 19.0 Å². The molecule has 0 radical (unpaired) electrons. The highest BCUT2D eigenvalue weighted by Gasteiger charge is 2.42. The third-order valence-corrected chi connectivity index (χ3v) is 4.71. The Hall–Kier alpha value is -2.83. The molecular formula is C18H20N2O5. The molecular weight excluding hydrogens is 324 g/mol. The number of amides is 1. The van der Waals surface area contributed by atoms with Crippen LogP contribution in [0.15, 0.2) is 28.8 Å². The van der Waals surface area contributed by atoms with Crippen molar-refractivity contribution in [2.24, 2.45) is 5.92 Å². The smallest absolute Gasteiger partial charge is 0.308 e. The minimum absolute atomic E-state index is 0.140. The van der Waals surface area contributed by atoms with Gasteiger partial charge in [0.2, 0.25) is 0 Å². The maximum atomic E-state index is 12.9. The predicted octanol–water partition coefficient (Wildman–Crippen LogP) is 2.24. The summed E-state index contributed by atoms with van der Waals surface area (Å²) in [6.45, 7) is 3.82. The molecule has 7 nitrogen and oxygen atoms in total. The van der Waals surface area contributed by atoms with Gasteiger partial charge in [0.1, 0.15) is 17.1 Å². The molecule has 1 aliphatic heterocycles. The van der Waals surface area contributed by atoms with Crippen molar-refractivity contribution in [1.82, 2.24) is 10.1 Å². The number of carboxylic acids is 1. The Bertz CT molecular complexity index is 794. The van der Waals surface area contributed by atoms with Crippen molar-refractivity contribution >= 4 is 11.9 Å². The lowest BCUT2D eigenvalue weighted by Crippen LogP contribution is -2.30. The van der Waals surface area contributed by atoms with Gasteiger partial charge < -0.3 is 19.3 Å². The maximum absolute atomic E-state index is 12.9. The maximum Gasteiger partial charge on any atom is 0.308 e. The summed E-state index contributed by atoms with van der Waals surface area (Å²) in [5.41, 5.74) is 1.71. The van der Waals surface area contributed by atoms with Crippen LogP contribution in [-0.4, -0.2) is 47.2 Å². The van der Waals surface area contributed by atoms with Crippen LogP contribution in [0.4, 0.5) is 0 Å². The minimum Gasteiger partial charge on any atom is -0.496 e. The first-order valence-electron chi connectivity index (χ1n) is 8.02. The largest absolute Gasteiger partial charge is 0.496 e. The monoisotopic (exact) mass is 344 g/mol. The molecule has 2 aromatic rings. The van der Waals surface area contributed by atoms with E-state index < -0.39 is 11.9 Å². The normalized spacial score (nSPS) is 19.9. The Morgan fingerprint density at radius 1 is 1.28 bits per heavy atom. The zero-order valence-electron chi connectivity index (χ0n) is 14.4. The fourth-order valence-electron chi connectivity index (χ4n) is 3.45. The first-order chi connectivity index (χ1) is 11.9. The van der Waals surface area contributed by atoms with Crippen LogP contribution in [0.25, 0.3) is 0 Å². The summed E-state index contributed by atoms with van der Waals surface area (Å²) >= 11 is 0. The van der Waals surface area contributed by atoms with Crippen molar-refractivity contribution in [3.8, 4) is 5.75 Å². The Kier molecular flexibility index (Phi) is 4.48. The van der Waals surface area contributed by atoms with E-state index in [0.29, 0.717) is 29.3 Å². The van der Waals surface area contributed by atoms with Gasteiger partial charge in [0.05, 0.1) is 18.7 Å². The second-order valence-corrected chi connectivity index (χ2v) is 6.20. The topological polar surface area (TPSA) is 92.9 Å². The number of carbonyl (C=O) groups excluding carboxylic acids is 1. The van der Waals surface area contributed by atoms with Gasteiger partial charge in [0.25, 0.3) is 5.91 Å². The highest BCUT2D eigenvalue weighted by Crippen LogP contribution is 2.38. The van der Waals surface area contributed by atoms with Crippen LogP contribution in [0.5, 0.6) is 5.75 Å². The second kappa shape index (κ2) is 6.58. The van der Waals surface area contributed by atoms with Gasteiger partial charge in [-0.15, -0.1) is 0 Å². The molecule has 1 saturated heterocycles. The molecule has 0 aliphatic carbocycles. The summed E-state index contributed by atoms with van der Waals surface area (Å²) in [6.07, 6.45) is 0. The first-order valence-corrected chi connectivity index (χ1v) is 8.02. The zero-order chi connectivity index (χ0) is 18.1. The van der Waals surface area contributed by atoms with Gasteiger partial charge in [-0.1, -0.05) is 23.4 Å². The van der Waals surface area contributed by atoms with E-state index in [2.05, 4.69) is 5.16 Å². The summed E-state index contributed by atoms with van der Waals surface area (Å²) in [5, 5.41) is 13.4. The van der Waals surface area contributed by atoms with E-state index in [1.165, 1.54) is 0 Å². The first kappa shape index (κ1) is 17.0. The van der Waals surface area contributed by atoms with Crippen LogP contribution in [0.2, 0.25) is 0 Å². The van der Waals surface area contributed by atoms with Crippen LogP contribution < -0.4 is 4.74 Å². The molecule has 1 aromatic carbocycles. The number of para-hydroxylation sites is 1. The van der Waals surface area contributed by atoms with Crippen LogP contribution in [0.3, 0.4) is 0 Å². The molecule has 7 heteroatoms. The molecule has 2 heterocycles. The molecule has 1 fully saturated rings. The number of aliphatic carboxylic acids is 1. The number of rotatable bonds is 4. The standard InChI is InChI=1S/C18H20N2O5/c1-10-16(11(2)25-19-10)17(21)20-8-13(14(9-20)18(22)23)12-6-4-5-7-15(12)24-3/h4-7,13-14H,8-9H2,1-3H3,(H,22,23). The Labute approximate surface area is 145 Å². The van der Waals surface area contributed by atoms with E-state index in [4.69, 9.17) is 9.26 Å². The van der Waals surface area contributed by atoms with Gasteiger partial charge in [-0.2, -0.15) is 0 Å². The number of aryl methyl sites for hydroxylation is 2. The number of aromatic nitrogens is 1. The molecule has 132 valence electrons. The van der Waals surface area contributed by atoms with Crippen molar-refractivity contribution in [3.63, 3.8) is 0 Å². The van der Waals surface area contributed by atoms with E-state index in [1.807, 2.05) is 18.2 Å². The van der Waals surface area contributed by atoms with Gasteiger partial charge in [-0.05, 0) is 25.5 Å². The molecule has 25 heavy (non-hydrogen) atoms. The molecule has 1 aliphatic rings. The third kappa shape index (κ3) is 2.97. The summed E-state index contributed by atoms with van der Waals surface area (Å²) in [4.78, 5) is 26.2. The van der Waals surface area contributed by atoms with Crippen molar-refractivity contribution in [2.75, 3.05) is 20.2 Å². The van der Waals surface area contributed by atoms with Crippen LogP contribution >= 0.6 is 0 Å². The van der Waals surface area contributed by atoms with Crippen molar-refractivity contribution in [3.05, 3.63) is 46.8 Å². The van der Waals surface area contributed by atoms with Crippen molar-refractivity contribution in [2.45, 2.75) is 19.8 Å². The number of carbonyl (C=O) groups is 2. The van der Waals surface area contributed by atoms with Crippen LogP contribution in [0.1, 0.15) is 33.3 Å². The Balaban J connectivity index is 1.93. The van der Waals surface area contributed by atoms with E-state index in [-0.39, 0.29) is 18.4 Å². The van der Waals surface area contributed by atoms with Crippen molar-refractivity contribution < 1.29 is 24.0 Å². The number of likely N-dealkylation sites (tertiary alicyclic amines) is 1. The number of hydrogen-bond donors (Lipinski definition) is 1. The lowest BCUT2D eigenvalue weighted by Gasteiger charge is -2.18. The van der Waals surface area contributed by atoms with E-state index in [0.717, 1.165) is 5.56 Å². The van der Waals surface area contributed by atoms with Crippen molar-refractivity contribution in [1.29, 1.82) is 0 Å². The quantitative estimate of drug-likeness (QED) is 0.914. The second-order valence-electron chi connectivity index (χ2n) is 6.20. The van der Waals surface area contributed by atoms with Gasteiger partial charge >= 0.3 is 5.97 Å². The number of ether oxygens (including phenoxy) is 1. The number of benzene rings is 1. The van der Waals surface area contributed by atoms with E-state index >= 15 is 0 Å². The Morgan fingerprint density at radius 3 is 2.60 bits per heavy atom. The zero-order valence-corrected chi connectivity index (χ0v) is 14.4. The number of nitrogens with zero attached hydrogens (tertiary/aromatic N) is 2. The predicted molar refractivity (Wildman–Crippen MR) is 88.7 cm³/mol. The summed E-state index contributed by atoms with van der Waals surface area (Å²) in [6, 6.07) is 7.33. The summed E-state index contributed by atoms with van der Waals surface area (Å²) in [7, 11) is 1.55. The fraction of sp³-hybridized carbons (Fsp3) is 0.389. The molecule has 1 amide bonds. The SMILES string of the molecule is COc1ccccc1C1CN(C(=O)c2c(C)noc2C)CC1C(=O)O. The molecule has 0 saturated carbocycles. The third-order valence-electron chi connectivity index (χ3n) is 4.71. The van der Waals surface area contributed by atoms with E-state index in [9.17, 15) is 14.7 Å². The van der Waals surface area contributed by atoms with Gasteiger partial charge in [-0.25, -0.2) is 0 Å². The number of hydrogen-bond acceptors (Lipinski definition) is 5. The highest BCUT2D eigenvalue weighted by molar-refractivity contribution is 5.96. The minimum atomic E-state index is -0.926. The molecule has 1 aromatic heterocycles.